The van der Waals surface area contributed by atoms with E-state index in [1.165, 1.54) is 0 Å². The Bertz CT molecular complexity index is 602. The Morgan fingerprint density at radius 2 is 2.18 bits per heavy atom. The van der Waals surface area contributed by atoms with Crippen molar-refractivity contribution < 1.29 is 9.53 Å². The number of rotatable bonds is 4. The van der Waals surface area contributed by atoms with Crippen LogP contribution in [0, 0.1) is 0 Å². The van der Waals surface area contributed by atoms with Crippen molar-refractivity contribution in [3.05, 3.63) is 42.6 Å². The summed E-state index contributed by atoms with van der Waals surface area (Å²) in [6, 6.07) is 4.18. The molecule has 0 aliphatic carbocycles. The Morgan fingerprint density at radius 1 is 1.36 bits per heavy atom. The van der Waals surface area contributed by atoms with E-state index in [1.54, 1.807) is 19.2 Å². The van der Waals surface area contributed by atoms with E-state index >= 15 is 0 Å². The van der Waals surface area contributed by atoms with Crippen LogP contribution in [0.1, 0.15) is 36.2 Å². The maximum atomic E-state index is 11.6. The number of aromatic nitrogens is 3. The number of anilines is 1. The molecule has 1 fully saturated rings. The zero-order valence-electron chi connectivity index (χ0n) is 12.7. The summed E-state index contributed by atoms with van der Waals surface area (Å²) in [6.45, 7) is 4.08. The molecule has 2 aromatic heterocycles. The molecule has 116 valence electrons. The fourth-order valence-electron chi connectivity index (χ4n) is 2.79. The number of esters is 1. The number of ether oxygens (including phenoxy) is 1. The maximum absolute atomic E-state index is 11.6. The van der Waals surface area contributed by atoms with Crippen molar-refractivity contribution in [3.8, 4) is 0 Å². The van der Waals surface area contributed by atoms with Gasteiger partial charge in [-0.2, -0.15) is 0 Å². The van der Waals surface area contributed by atoms with Gasteiger partial charge in [0.15, 0.2) is 0 Å². The fraction of sp³-hybridized carbons (Fsp3) is 0.438. The van der Waals surface area contributed by atoms with Gasteiger partial charge < -0.3 is 14.2 Å². The van der Waals surface area contributed by atoms with E-state index in [4.69, 9.17) is 4.74 Å². The molecule has 22 heavy (non-hydrogen) atoms. The summed E-state index contributed by atoms with van der Waals surface area (Å²) in [4.78, 5) is 22.4. The predicted octanol–water partition coefficient (Wildman–Crippen LogP) is 2.30. The summed E-state index contributed by atoms with van der Waals surface area (Å²) in [5.74, 6) is 0.595. The van der Waals surface area contributed by atoms with Crippen molar-refractivity contribution >= 4 is 11.8 Å². The molecule has 0 radical (unpaired) electrons. The van der Waals surface area contributed by atoms with E-state index in [1.807, 2.05) is 24.8 Å². The number of carbonyl (C=O) groups is 1. The van der Waals surface area contributed by atoms with E-state index in [-0.39, 0.29) is 5.97 Å². The highest BCUT2D eigenvalue weighted by atomic mass is 16.5. The molecule has 6 heteroatoms. The lowest BCUT2D eigenvalue weighted by Gasteiger charge is -2.33. The third-order valence-electron chi connectivity index (χ3n) is 3.99. The smallest absolute Gasteiger partial charge is 0.339 e. The van der Waals surface area contributed by atoms with Crippen molar-refractivity contribution in [1.82, 2.24) is 14.5 Å². The first kappa shape index (κ1) is 14.6. The molecule has 1 saturated heterocycles. The number of carbonyl (C=O) groups excluding carboxylic acids is 1. The van der Waals surface area contributed by atoms with Crippen LogP contribution in [0.15, 0.2) is 37.1 Å². The van der Waals surface area contributed by atoms with Crippen molar-refractivity contribution in [2.75, 3.05) is 24.6 Å². The molecule has 0 spiro atoms. The quantitative estimate of drug-likeness (QED) is 0.811. The van der Waals surface area contributed by atoms with E-state index < -0.39 is 0 Å². The van der Waals surface area contributed by atoms with Crippen molar-refractivity contribution in [2.45, 2.75) is 25.8 Å². The van der Waals surface area contributed by atoms with Crippen LogP contribution < -0.4 is 4.90 Å². The average molecular weight is 300 g/mol. The second-order valence-corrected chi connectivity index (χ2v) is 5.35. The molecule has 0 saturated carbocycles. The first-order valence-electron chi connectivity index (χ1n) is 7.63. The minimum atomic E-state index is -0.319. The SMILES string of the molecule is CCOC(=O)c1ccc(N2CCC(n3ccnc3)CC2)nc1. The van der Waals surface area contributed by atoms with Gasteiger partial charge in [-0.1, -0.05) is 0 Å². The molecular formula is C16H20N4O2. The number of hydrogen-bond donors (Lipinski definition) is 0. The Labute approximate surface area is 129 Å². The van der Waals surface area contributed by atoms with Gasteiger partial charge in [0.05, 0.1) is 18.5 Å². The summed E-state index contributed by atoms with van der Waals surface area (Å²) < 4.78 is 7.14. The normalized spacial score (nSPS) is 15.8. The van der Waals surface area contributed by atoms with Gasteiger partial charge in [0.1, 0.15) is 5.82 Å². The molecule has 0 N–H and O–H groups in total. The third kappa shape index (κ3) is 3.10. The largest absolute Gasteiger partial charge is 0.462 e. The van der Waals surface area contributed by atoms with E-state index in [9.17, 15) is 4.79 Å². The van der Waals surface area contributed by atoms with Crippen LogP contribution in [0.2, 0.25) is 0 Å². The van der Waals surface area contributed by atoms with Gasteiger partial charge in [-0.3, -0.25) is 0 Å². The molecule has 0 aromatic carbocycles. The Kier molecular flexibility index (Phi) is 4.37. The van der Waals surface area contributed by atoms with Gasteiger partial charge in [0.25, 0.3) is 0 Å². The third-order valence-corrected chi connectivity index (χ3v) is 3.99. The van der Waals surface area contributed by atoms with Crippen LogP contribution >= 0.6 is 0 Å². The lowest BCUT2D eigenvalue weighted by atomic mass is 10.0. The first-order valence-corrected chi connectivity index (χ1v) is 7.63. The maximum Gasteiger partial charge on any atom is 0.339 e. The number of nitrogens with zero attached hydrogens (tertiary/aromatic N) is 4. The monoisotopic (exact) mass is 300 g/mol. The second-order valence-electron chi connectivity index (χ2n) is 5.35. The van der Waals surface area contributed by atoms with Crippen LogP contribution in [-0.4, -0.2) is 40.2 Å². The second kappa shape index (κ2) is 6.60. The zero-order chi connectivity index (χ0) is 15.4. The van der Waals surface area contributed by atoms with E-state index in [2.05, 4.69) is 19.4 Å². The summed E-state index contributed by atoms with van der Waals surface area (Å²) >= 11 is 0. The van der Waals surface area contributed by atoms with Crippen LogP contribution in [0.4, 0.5) is 5.82 Å². The van der Waals surface area contributed by atoms with Gasteiger partial charge in [-0.25, -0.2) is 14.8 Å². The fourth-order valence-corrected chi connectivity index (χ4v) is 2.79. The molecule has 6 nitrogen and oxygen atoms in total. The topological polar surface area (TPSA) is 60.2 Å². The summed E-state index contributed by atoms with van der Waals surface area (Å²) in [5.41, 5.74) is 0.499. The Balaban J connectivity index is 1.60. The molecule has 1 aliphatic heterocycles. The molecule has 0 unspecified atom stereocenters. The predicted molar refractivity (Wildman–Crippen MR) is 82.9 cm³/mol. The van der Waals surface area contributed by atoms with Crippen LogP contribution in [0.3, 0.4) is 0 Å². The zero-order valence-corrected chi connectivity index (χ0v) is 12.7. The number of piperidine rings is 1. The highest BCUT2D eigenvalue weighted by Gasteiger charge is 2.21. The lowest BCUT2D eigenvalue weighted by molar-refractivity contribution is 0.0526. The minimum Gasteiger partial charge on any atom is -0.462 e. The highest BCUT2D eigenvalue weighted by molar-refractivity contribution is 5.89. The van der Waals surface area contributed by atoms with Gasteiger partial charge in [0, 0.05) is 37.7 Å². The summed E-state index contributed by atoms with van der Waals surface area (Å²) in [7, 11) is 0. The number of imidazole rings is 1. The van der Waals surface area contributed by atoms with Crippen LogP contribution in [0.25, 0.3) is 0 Å². The van der Waals surface area contributed by atoms with E-state index in [0.717, 1.165) is 31.7 Å². The molecule has 2 aromatic rings. The van der Waals surface area contributed by atoms with Crippen LogP contribution in [-0.2, 0) is 4.74 Å². The van der Waals surface area contributed by atoms with Crippen LogP contribution in [0.5, 0.6) is 0 Å². The molecule has 0 bridgehead atoms. The van der Waals surface area contributed by atoms with Gasteiger partial charge >= 0.3 is 5.97 Å². The van der Waals surface area contributed by atoms with Crippen molar-refractivity contribution in [2.24, 2.45) is 0 Å². The van der Waals surface area contributed by atoms with Crippen molar-refractivity contribution in [1.29, 1.82) is 0 Å². The molecule has 0 amide bonds. The minimum absolute atomic E-state index is 0.319. The highest BCUT2D eigenvalue weighted by Crippen LogP contribution is 2.25. The average Bonchev–Trinajstić information content (AvgIpc) is 3.10. The van der Waals surface area contributed by atoms with Gasteiger partial charge in [-0.05, 0) is 31.9 Å². The van der Waals surface area contributed by atoms with E-state index in [0.29, 0.717) is 18.2 Å². The molecule has 1 aliphatic rings. The first-order chi connectivity index (χ1) is 10.8. The Morgan fingerprint density at radius 3 is 2.77 bits per heavy atom. The molecular weight excluding hydrogens is 280 g/mol. The molecule has 3 rings (SSSR count). The number of pyridine rings is 1. The molecule has 3 heterocycles. The lowest BCUT2D eigenvalue weighted by Crippen LogP contribution is -2.34. The Hall–Kier alpha value is -2.37. The van der Waals surface area contributed by atoms with Gasteiger partial charge in [-0.15, -0.1) is 0 Å². The summed E-state index contributed by atoms with van der Waals surface area (Å²) in [5, 5.41) is 0. The van der Waals surface area contributed by atoms with Crippen molar-refractivity contribution in [3.63, 3.8) is 0 Å². The number of hydrogen-bond acceptors (Lipinski definition) is 5. The molecule has 0 atom stereocenters. The summed E-state index contributed by atoms with van der Waals surface area (Å²) in [6.07, 6.45) is 9.45. The standard InChI is InChI=1S/C16H20N4O2/c1-2-22-16(21)13-3-4-15(18-11-13)19-8-5-14(6-9-19)20-10-7-17-12-20/h3-4,7,10-12,14H,2,5-6,8-9H2,1H3. The van der Waals surface area contributed by atoms with Gasteiger partial charge in [0.2, 0.25) is 0 Å².